The van der Waals surface area contributed by atoms with Crippen molar-refractivity contribution >= 4 is 29.2 Å². The van der Waals surface area contributed by atoms with Gasteiger partial charge in [-0.15, -0.1) is 0 Å². The third-order valence-corrected chi connectivity index (χ3v) is 4.81. The summed E-state index contributed by atoms with van der Waals surface area (Å²) in [6.45, 7) is 5.93. The first-order chi connectivity index (χ1) is 10.4. The molecule has 2 rings (SSSR count). The van der Waals surface area contributed by atoms with Gasteiger partial charge in [-0.25, -0.2) is 4.79 Å². The second-order valence-corrected chi connectivity index (χ2v) is 6.02. The van der Waals surface area contributed by atoms with Crippen molar-refractivity contribution in [2.75, 3.05) is 7.11 Å². The van der Waals surface area contributed by atoms with Crippen LogP contribution in [0, 0.1) is 0 Å². The molecule has 0 bridgehead atoms. The van der Waals surface area contributed by atoms with E-state index in [4.69, 9.17) is 27.9 Å². The van der Waals surface area contributed by atoms with Crippen LogP contribution in [-0.4, -0.2) is 13.1 Å². The van der Waals surface area contributed by atoms with E-state index in [1.807, 2.05) is 26.0 Å². The summed E-state index contributed by atoms with van der Waals surface area (Å²) in [5.74, 6) is -0.602. The number of hydrogen-bond donors (Lipinski definition) is 1. The van der Waals surface area contributed by atoms with Gasteiger partial charge in [0, 0.05) is 17.3 Å². The van der Waals surface area contributed by atoms with Gasteiger partial charge in [0.1, 0.15) is 0 Å². The number of allylic oxidation sites excluding steroid dienone is 3. The lowest BCUT2D eigenvalue weighted by Crippen LogP contribution is -2.28. The Bertz CT molecular complexity index is 677. The van der Waals surface area contributed by atoms with Crippen molar-refractivity contribution in [1.82, 2.24) is 5.32 Å². The molecule has 0 saturated heterocycles. The summed E-state index contributed by atoms with van der Waals surface area (Å²) in [6, 6.07) is 5.49. The maximum atomic E-state index is 12.3. The monoisotopic (exact) mass is 339 g/mol. The van der Waals surface area contributed by atoms with Crippen LogP contribution in [0.5, 0.6) is 0 Å². The van der Waals surface area contributed by atoms with Crippen LogP contribution in [0.4, 0.5) is 0 Å². The number of dihydropyridines is 1. The van der Waals surface area contributed by atoms with E-state index < -0.39 is 0 Å². The smallest absolute Gasteiger partial charge is 0.336 e. The van der Waals surface area contributed by atoms with Crippen LogP contribution in [0.15, 0.2) is 40.7 Å². The van der Waals surface area contributed by atoms with Crippen LogP contribution in [0.25, 0.3) is 0 Å². The van der Waals surface area contributed by atoms with Gasteiger partial charge in [-0.1, -0.05) is 42.3 Å². The van der Waals surface area contributed by atoms with Crippen LogP contribution in [0.3, 0.4) is 0 Å². The van der Waals surface area contributed by atoms with Crippen molar-refractivity contribution in [2.45, 2.75) is 33.1 Å². The molecule has 1 unspecified atom stereocenters. The van der Waals surface area contributed by atoms with Crippen LogP contribution < -0.4 is 5.32 Å². The molecule has 1 N–H and O–H groups in total. The molecule has 0 amide bonds. The molecule has 1 aliphatic rings. The third-order valence-electron chi connectivity index (χ3n) is 3.98. The summed E-state index contributed by atoms with van der Waals surface area (Å²) < 4.78 is 4.97. The standard InChI is InChI=1S/C17H19Cl2NO2/c1-5-11-9(2)20-10(3)14(17(21)22-4)15(11)12-7-6-8-13(18)16(12)19/h6-8,15,20H,5H2,1-4H3. The lowest BCUT2D eigenvalue weighted by atomic mass is 9.79. The number of carbonyl (C=O) groups is 1. The molecule has 1 aliphatic heterocycles. The fourth-order valence-electron chi connectivity index (χ4n) is 2.97. The lowest BCUT2D eigenvalue weighted by Gasteiger charge is -2.31. The van der Waals surface area contributed by atoms with Crippen LogP contribution in [0.1, 0.15) is 38.7 Å². The van der Waals surface area contributed by atoms with E-state index in [1.165, 1.54) is 7.11 Å². The zero-order chi connectivity index (χ0) is 16.4. The summed E-state index contributed by atoms with van der Waals surface area (Å²) >= 11 is 12.6. The quantitative estimate of drug-likeness (QED) is 0.803. The van der Waals surface area contributed by atoms with Crippen LogP contribution in [0.2, 0.25) is 10.0 Å². The summed E-state index contributed by atoms with van der Waals surface area (Å²) in [6.07, 6.45) is 0.792. The topological polar surface area (TPSA) is 38.3 Å². The van der Waals surface area contributed by atoms with E-state index in [-0.39, 0.29) is 11.9 Å². The van der Waals surface area contributed by atoms with Gasteiger partial charge >= 0.3 is 5.97 Å². The van der Waals surface area contributed by atoms with Gasteiger partial charge in [-0.3, -0.25) is 0 Å². The fourth-order valence-corrected chi connectivity index (χ4v) is 3.39. The molecule has 0 radical (unpaired) electrons. The zero-order valence-corrected chi connectivity index (χ0v) is 14.6. The van der Waals surface area contributed by atoms with Gasteiger partial charge in [0.25, 0.3) is 0 Å². The first kappa shape index (κ1) is 16.9. The molecule has 5 heteroatoms. The average molecular weight is 340 g/mol. The van der Waals surface area contributed by atoms with Gasteiger partial charge < -0.3 is 10.1 Å². The van der Waals surface area contributed by atoms with E-state index in [0.29, 0.717) is 15.6 Å². The number of hydrogen-bond acceptors (Lipinski definition) is 3. The molecule has 1 atom stereocenters. The van der Waals surface area contributed by atoms with Crippen molar-refractivity contribution < 1.29 is 9.53 Å². The molecule has 1 heterocycles. The predicted octanol–water partition coefficient (Wildman–Crippen LogP) is 4.81. The molecule has 0 spiro atoms. The second kappa shape index (κ2) is 6.76. The Morgan fingerprint density at radius 3 is 2.55 bits per heavy atom. The van der Waals surface area contributed by atoms with E-state index in [1.54, 1.807) is 6.07 Å². The number of esters is 1. The Morgan fingerprint density at radius 1 is 1.27 bits per heavy atom. The van der Waals surface area contributed by atoms with Gasteiger partial charge in [0.05, 0.1) is 22.7 Å². The second-order valence-electron chi connectivity index (χ2n) is 5.24. The van der Waals surface area contributed by atoms with Gasteiger partial charge in [-0.05, 0) is 37.5 Å². The minimum Gasteiger partial charge on any atom is -0.466 e. The Kier molecular flexibility index (Phi) is 5.20. The molecule has 1 aromatic carbocycles. The Balaban J connectivity index is 2.70. The third kappa shape index (κ3) is 2.88. The van der Waals surface area contributed by atoms with Gasteiger partial charge in [-0.2, -0.15) is 0 Å². The summed E-state index contributed by atoms with van der Waals surface area (Å²) in [7, 11) is 1.38. The highest BCUT2D eigenvalue weighted by molar-refractivity contribution is 6.42. The molecule has 22 heavy (non-hydrogen) atoms. The Morgan fingerprint density at radius 2 is 1.95 bits per heavy atom. The number of halogens is 2. The first-order valence-corrected chi connectivity index (χ1v) is 7.87. The molecule has 0 aliphatic carbocycles. The molecule has 3 nitrogen and oxygen atoms in total. The van der Waals surface area contributed by atoms with Crippen molar-refractivity contribution in [3.63, 3.8) is 0 Å². The van der Waals surface area contributed by atoms with Crippen molar-refractivity contribution in [2.24, 2.45) is 0 Å². The minimum absolute atomic E-state index is 0.245. The van der Waals surface area contributed by atoms with Crippen molar-refractivity contribution in [3.05, 3.63) is 56.3 Å². The van der Waals surface area contributed by atoms with Crippen LogP contribution >= 0.6 is 23.2 Å². The van der Waals surface area contributed by atoms with Crippen molar-refractivity contribution in [1.29, 1.82) is 0 Å². The average Bonchev–Trinajstić information content (AvgIpc) is 2.49. The zero-order valence-electron chi connectivity index (χ0n) is 13.1. The number of ether oxygens (including phenoxy) is 1. The van der Waals surface area contributed by atoms with E-state index in [2.05, 4.69) is 12.2 Å². The molecule has 118 valence electrons. The van der Waals surface area contributed by atoms with Gasteiger partial charge in [0.2, 0.25) is 0 Å². The predicted molar refractivity (Wildman–Crippen MR) is 90.0 cm³/mol. The van der Waals surface area contributed by atoms with E-state index in [0.717, 1.165) is 29.0 Å². The SMILES string of the molecule is CCC1=C(C)NC(C)=C(C(=O)OC)C1c1cccc(Cl)c1Cl. The number of benzene rings is 1. The molecule has 0 saturated carbocycles. The Labute approximate surface area is 140 Å². The highest BCUT2D eigenvalue weighted by Gasteiger charge is 2.34. The normalized spacial score (nSPS) is 18.4. The van der Waals surface area contributed by atoms with E-state index in [9.17, 15) is 4.79 Å². The number of methoxy groups -OCH3 is 1. The first-order valence-electron chi connectivity index (χ1n) is 7.12. The minimum atomic E-state index is -0.357. The lowest BCUT2D eigenvalue weighted by molar-refractivity contribution is -0.136. The summed E-state index contributed by atoms with van der Waals surface area (Å²) in [5.41, 5.74) is 4.33. The maximum Gasteiger partial charge on any atom is 0.336 e. The molecular formula is C17H19Cl2NO2. The Hall–Kier alpha value is -1.45. The number of rotatable bonds is 3. The fraction of sp³-hybridized carbons (Fsp3) is 0.353. The van der Waals surface area contributed by atoms with Crippen molar-refractivity contribution in [3.8, 4) is 0 Å². The molecular weight excluding hydrogens is 321 g/mol. The highest BCUT2D eigenvalue weighted by atomic mass is 35.5. The number of nitrogens with one attached hydrogen (secondary N) is 1. The highest BCUT2D eigenvalue weighted by Crippen LogP contribution is 2.43. The molecule has 0 aromatic heterocycles. The summed E-state index contributed by atoms with van der Waals surface area (Å²) in [4.78, 5) is 12.3. The summed E-state index contributed by atoms with van der Waals surface area (Å²) in [5, 5.41) is 4.22. The van der Waals surface area contributed by atoms with E-state index >= 15 is 0 Å². The molecule has 1 aromatic rings. The maximum absolute atomic E-state index is 12.3. The van der Waals surface area contributed by atoms with Gasteiger partial charge in [0.15, 0.2) is 0 Å². The number of carbonyl (C=O) groups excluding carboxylic acids is 1. The largest absolute Gasteiger partial charge is 0.466 e. The molecule has 0 fully saturated rings. The van der Waals surface area contributed by atoms with Crippen LogP contribution in [-0.2, 0) is 9.53 Å².